The Morgan fingerprint density at radius 1 is 1.45 bits per heavy atom. The summed E-state index contributed by atoms with van der Waals surface area (Å²) in [4.78, 5) is 23.2. The first kappa shape index (κ1) is 12.8. The number of benzene rings is 1. The third-order valence-electron chi connectivity index (χ3n) is 3.49. The van der Waals surface area contributed by atoms with Crippen molar-refractivity contribution in [3.63, 3.8) is 0 Å². The maximum absolute atomic E-state index is 13.6. The Bertz CT molecular complexity index is 622. The van der Waals surface area contributed by atoms with Crippen molar-refractivity contribution >= 4 is 17.5 Å². The minimum atomic E-state index is -1.38. The largest absolute Gasteiger partial charge is 0.474 e. The third-order valence-corrected chi connectivity index (χ3v) is 3.49. The van der Waals surface area contributed by atoms with Gasteiger partial charge in [0.15, 0.2) is 11.6 Å². The number of anilines is 1. The molecule has 8 heteroatoms. The van der Waals surface area contributed by atoms with Gasteiger partial charge in [-0.2, -0.15) is 0 Å². The highest BCUT2D eigenvalue weighted by Gasteiger charge is 2.52. The van der Waals surface area contributed by atoms with E-state index in [1.54, 1.807) is 0 Å². The molecule has 20 heavy (non-hydrogen) atoms. The zero-order valence-electron chi connectivity index (χ0n) is 10.2. The Labute approximate surface area is 112 Å². The van der Waals surface area contributed by atoms with Gasteiger partial charge in [0.1, 0.15) is 11.5 Å². The van der Waals surface area contributed by atoms with E-state index in [2.05, 4.69) is 10.6 Å². The summed E-state index contributed by atoms with van der Waals surface area (Å²) in [5.41, 5.74) is 3.58. The molecule has 4 N–H and O–H groups in total. The summed E-state index contributed by atoms with van der Waals surface area (Å²) in [5, 5.41) is 5.11. The number of hydrogen-bond donors (Lipinski definition) is 3. The fraction of sp³-hybridized carbons (Fsp3) is 0.333. The van der Waals surface area contributed by atoms with Crippen molar-refractivity contribution in [2.75, 3.05) is 11.9 Å². The van der Waals surface area contributed by atoms with Crippen LogP contribution in [0.3, 0.4) is 0 Å². The highest BCUT2D eigenvalue weighted by atomic mass is 19.1. The van der Waals surface area contributed by atoms with E-state index in [1.807, 2.05) is 0 Å². The van der Waals surface area contributed by atoms with E-state index in [1.165, 1.54) is 0 Å². The minimum absolute atomic E-state index is 0.00569. The van der Waals surface area contributed by atoms with Crippen LogP contribution in [-0.2, 0) is 9.59 Å². The van der Waals surface area contributed by atoms with Crippen molar-refractivity contribution in [2.45, 2.75) is 18.1 Å². The van der Waals surface area contributed by atoms with Crippen molar-refractivity contribution in [3.05, 3.63) is 23.8 Å². The van der Waals surface area contributed by atoms with Gasteiger partial charge < -0.3 is 21.1 Å². The van der Waals surface area contributed by atoms with Gasteiger partial charge in [-0.1, -0.05) is 0 Å². The monoisotopic (exact) mass is 283 g/mol. The number of fused-ring (bicyclic) bond motifs is 1. The molecule has 1 saturated heterocycles. The minimum Gasteiger partial charge on any atom is -0.474 e. The Morgan fingerprint density at radius 3 is 2.85 bits per heavy atom. The fourth-order valence-electron chi connectivity index (χ4n) is 2.45. The average molecular weight is 283 g/mol. The molecule has 3 rings (SSSR count). The number of carbonyl (C=O) groups is 2. The van der Waals surface area contributed by atoms with Gasteiger partial charge in [-0.25, -0.2) is 8.78 Å². The topological polar surface area (TPSA) is 93.5 Å². The van der Waals surface area contributed by atoms with Crippen molar-refractivity contribution in [1.82, 2.24) is 5.32 Å². The molecular formula is C12H11F2N3O3. The van der Waals surface area contributed by atoms with Crippen LogP contribution in [0.15, 0.2) is 12.1 Å². The Hall–Kier alpha value is -2.22. The number of ether oxygens (including phenoxy) is 1. The Morgan fingerprint density at radius 2 is 2.20 bits per heavy atom. The van der Waals surface area contributed by atoms with E-state index in [0.29, 0.717) is 6.07 Å². The van der Waals surface area contributed by atoms with Gasteiger partial charge in [-0.3, -0.25) is 9.59 Å². The molecule has 0 aromatic heterocycles. The molecule has 0 aliphatic carbocycles. The molecule has 1 spiro atoms. The highest BCUT2D eigenvalue weighted by molar-refractivity contribution is 6.02. The van der Waals surface area contributed by atoms with E-state index < -0.39 is 35.1 Å². The number of hydrogen-bond acceptors (Lipinski definition) is 4. The van der Waals surface area contributed by atoms with Gasteiger partial charge in [0.05, 0.1) is 6.04 Å². The number of rotatable bonds is 1. The summed E-state index contributed by atoms with van der Waals surface area (Å²) in [6, 6.07) is 0.914. The number of carbonyl (C=O) groups excluding carboxylic acids is 2. The smallest absolute Gasteiger partial charge is 0.270 e. The molecule has 2 aliphatic heterocycles. The molecule has 0 saturated carbocycles. The number of amides is 2. The summed E-state index contributed by atoms with van der Waals surface area (Å²) >= 11 is 0. The van der Waals surface area contributed by atoms with E-state index in [4.69, 9.17) is 10.5 Å². The Balaban J connectivity index is 1.97. The van der Waals surface area contributed by atoms with E-state index in [-0.39, 0.29) is 24.4 Å². The predicted molar refractivity (Wildman–Crippen MR) is 63.9 cm³/mol. The molecule has 0 bridgehead atoms. The summed E-state index contributed by atoms with van der Waals surface area (Å²) in [5.74, 6) is -3.04. The van der Waals surface area contributed by atoms with Crippen molar-refractivity contribution in [3.8, 4) is 5.75 Å². The van der Waals surface area contributed by atoms with Gasteiger partial charge >= 0.3 is 0 Å². The van der Waals surface area contributed by atoms with Crippen LogP contribution in [0.1, 0.15) is 6.42 Å². The van der Waals surface area contributed by atoms with Gasteiger partial charge in [0.25, 0.3) is 5.91 Å². The quantitative estimate of drug-likeness (QED) is 0.670. The molecule has 2 atom stereocenters. The van der Waals surface area contributed by atoms with Gasteiger partial charge in [0.2, 0.25) is 11.5 Å². The highest BCUT2D eigenvalue weighted by Crippen LogP contribution is 2.39. The number of nitrogens with two attached hydrogens (primary N) is 1. The maximum Gasteiger partial charge on any atom is 0.270 e. The molecule has 1 fully saturated rings. The lowest BCUT2D eigenvalue weighted by Crippen LogP contribution is -2.52. The first-order chi connectivity index (χ1) is 9.41. The normalized spacial score (nSPS) is 27.9. The molecule has 6 nitrogen and oxygen atoms in total. The zero-order valence-corrected chi connectivity index (χ0v) is 10.2. The van der Waals surface area contributed by atoms with E-state index in [0.717, 1.165) is 6.07 Å². The Kier molecular flexibility index (Phi) is 2.65. The number of primary amides is 1. The SMILES string of the molecule is NC(=O)[C@@H]1C[C@]2(CN1)Oc1cc(F)cc(F)c1NC2=O. The van der Waals surface area contributed by atoms with Gasteiger partial charge in [-0.15, -0.1) is 0 Å². The fourth-order valence-corrected chi connectivity index (χ4v) is 2.45. The summed E-state index contributed by atoms with van der Waals surface area (Å²) in [6.07, 6.45) is 0.00569. The van der Waals surface area contributed by atoms with Crippen molar-refractivity contribution in [2.24, 2.45) is 5.73 Å². The second-order valence-corrected chi connectivity index (χ2v) is 4.85. The summed E-state index contributed by atoms with van der Waals surface area (Å²) in [7, 11) is 0. The summed E-state index contributed by atoms with van der Waals surface area (Å²) in [6.45, 7) is 0.0318. The zero-order chi connectivity index (χ0) is 14.5. The van der Waals surface area contributed by atoms with Crippen LogP contribution in [-0.4, -0.2) is 30.0 Å². The second kappa shape index (κ2) is 4.14. The lowest BCUT2D eigenvalue weighted by Gasteiger charge is -2.33. The van der Waals surface area contributed by atoms with Crippen molar-refractivity contribution in [1.29, 1.82) is 0 Å². The van der Waals surface area contributed by atoms with Crippen LogP contribution in [0.25, 0.3) is 0 Å². The average Bonchev–Trinajstić information content (AvgIpc) is 2.77. The van der Waals surface area contributed by atoms with Gasteiger partial charge in [-0.05, 0) is 0 Å². The lowest BCUT2D eigenvalue weighted by molar-refractivity contribution is -0.131. The third kappa shape index (κ3) is 1.80. The molecule has 106 valence electrons. The first-order valence-corrected chi connectivity index (χ1v) is 5.93. The lowest BCUT2D eigenvalue weighted by atomic mass is 9.96. The van der Waals surface area contributed by atoms with Crippen LogP contribution >= 0.6 is 0 Å². The van der Waals surface area contributed by atoms with Crippen LogP contribution in [0.4, 0.5) is 14.5 Å². The molecule has 1 aromatic rings. The standard InChI is InChI=1S/C12H11F2N3O3/c13-5-1-6(14)9-8(2-5)20-12(11(19)17-9)3-7(10(15)18)16-4-12/h1-2,7,16H,3-4H2,(H2,15,18)(H,17,19)/t7-,12+/m0/s1. The molecule has 2 heterocycles. The van der Waals surface area contributed by atoms with Crippen LogP contribution in [0, 0.1) is 11.6 Å². The first-order valence-electron chi connectivity index (χ1n) is 5.93. The predicted octanol–water partition coefficient (Wildman–Crippen LogP) is -0.118. The molecule has 2 aliphatic rings. The van der Waals surface area contributed by atoms with Crippen LogP contribution < -0.4 is 21.1 Å². The van der Waals surface area contributed by atoms with Crippen molar-refractivity contribution < 1.29 is 23.1 Å². The second-order valence-electron chi connectivity index (χ2n) is 4.85. The van der Waals surface area contributed by atoms with Crippen LogP contribution in [0.2, 0.25) is 0 Å². The van der Waals surface area contributed by atoms with Gasteiger partial charge in [0, 0.05) is 25.1 Å². The molecule has 0 radical (unpaired) electrons. The summed E-state index contributed by atoms with van der Waals surface area (Å²) < 4.78 is 32.2. The van der Waals surface area contributed by atoms with E-state index >= 15 is 0 Å². The van der Waals surface area contributed by atoms with E-state index in [9.17, 15) is 18.4 Å². The number of halogens is 2. The molecule has 2 amide bonds. The molecule has 1 aromatic carbocycles. The maximum atomic E-state index is 13.6. The molecular weight excluding hydrogens is 272 g/mol. The number of nitrogens with one attached hydrogen (secondary N) is 2. The van der Waals surface area contributed by atoms with Crippen LogP contribution in [0.5, 0.6) is 5.75 Å². The molecule has 0 unspecified atom stereocenters.